The molecule has 0 radical (unpaired) electrons. The first-order valence-corrected chi connectivity index (χ1v) is 7.68. The maximum absolute atomic E-state index is 12.2. The fraction of sp³-hybridized carbons (Fsp3) is 0.643. The van der Waals surface area contributed by atoms with Gasteiger partial charge in [0, 0.05) is 11.4 Å². The van der Waals surface area contributed by atoms with E-state index in [9.17, 15) is 13.6 Å². The van der Waals surface area contributed by atoms with Crippen LogP contribution in [0.3, 0.4) is 0 Å². The molecule has 1 heterocycles. The summed E-state index contributed by atoms with van der Waals surface area (Å²) in [4.78, 5) is 13.7. The van der Waals surface area contributed by atoms with Gasteiger partial charge in [-0.2, -0.15) is 0 Å². The number of halogens is 2. The molecule has 2 N–H and O–H groups in total. The van der Waals surface area contributed by atoms with Gasteiger partial charge < -0.3 is 10.4 Å². The van der Waals surface area contributed by atoms with Crippen molar-refractivity contribution in [3.63, 3.8) is 0 Å². The van der Waals surface area contributed by atoms with Crippen molar-refractivity contribution in [3.8, 4) is 0 Å². The van der Waals surface area contributed by atoms with Gasteiger partial charge in [-0.1, -0.05) is 13.3 Å². The van der Waals surface area contributed by atoms with Crippen LogP contribution in [0.1, 0.15) is 39.9 Å². The molecule has 1 aromatic heterocycles. The molecule has 1 aromatic rings. The largest absolute Gasteiger partial charge is 0.385 e. The Morgan fingerprint density at radius 3 is 3.00 bits per heavy atom. The van der Waals surface area contributed by atoms with Crippen LogP contribution in [0.2, 0.25) is 0 Å². The predicted molar refractivity (Wildman–Crippen MR) is 74.5 cm³/mol. The third kappa shape index (κ3) is 3.55. The zero-order valence-corrected chi connectivity index (χ0v) is 12.2. The van der Waals surface area contributed by atoms with Gasteiger partial charge >= 0.3 is 0 Å². The van der Waals surface area contributed by atoms with E-state index in [1.165, 1.54) is 21.8 Å². The number of rotatable bonds is 5. The zero-order valence-electron chi connectivity index (χ0n) is 11.4. The van der Waals surface area contributed by atoms with Crippen LogP contribution in [0.5, 0.6) is 0 Å². The summed E-state index contributed by atoms with van der Waals surface area (Å²) in [5, 5.41) is 11.3. The molecule has 0 saturated carbocycles. The van der Waals surface area contributed by atoms with Crippen molar-refractivity contribution >= 4 is 17.2 Å². The van der Waals surface area contributed by atoms with Gasteiger partial charge in [0.1, 0.15) is 6.10 Å². The van der Waals surface area contributed by atoms with Crippen molar-refractivity contribution in [1.29, 1.82) is 0 Å². The second-order valence-corrected chi connectivity index (χ2v) is 6.32. The van der Waals surface area contributed by atoms with E-state index in [-0.39, 0.29) is 5.91 Å². The van der Waals surface area contributed by atoms with Gasteiger partial charge in [0.2, 0.25) is 0 Å². The van der Waals surface area contributed by atoms with Crippen molar-refractivity contribution < 1.29 is 18.7 Å². The van der Waals surface area contributed by atoms with Gasteiger partial charge in [0.05, 0.1) is 4.88 Å². The summed E-state index contributed by atoms with van der Waals surface area (Å²) in [6, 6.07) is 1.87. The summed E-state index contributed by atoms with van der Waals surface area (Å²) in [5.41, 5.74) is 1.22. The lowest BCUT2D eigenvalue weighted by atomic mass is 9.87. The first-order valence-electron chi connectivity index (χ1n) is 6.87. The molecule has 2 unspecified atom stereocenters. The van der Waals surface area contributed by atoms with E-state index in [2.05, 4.69) is 12.2 Å². The number of hydrogen-bond donors (Lipinski definition) is 2. The highest BCUT2D eigenvalue weighted by Gasteiger charge is 2.23. The maximum Gasteiger partial charge on any atom is 0.265 e. The molecular formula is C14H19F2NO2S. The standard InChI is InChI=1S/C14H19F2NO2S/c1-2-8-3-4-11-9(5-8)6-12(20-11)14(19)17-7-10(18)13(15)16/h6,8,10,13,18H,2-5,7H2,1H3,(H,17,19). The molecule has 1 aliphatic carbocycles. The number of nitrogens with one attached hydrogen (secondary N) is 1. The molecule has 0 aromatic carbocycles. The van der Waals surface area contributed by atoms with E-state index < -0.39 is 19.1 Å². The quantitative estimate of drug-likeness (QED) is 0.878. The van der Waals surface area contributed by atoms with Crippen LogP contribution >= 0.6 is 11.3 Å². The molecule has 2 atom stereocenters. The van der Waals surface area contributed by atoms with Crippen LogP contribution in [0.4, 0.5) is 8.78 Å². The van der Waals surface area contributed by atoms with Gasteiger partial charge in [-0.15, -0.1) is 11.3 Å². The van der Waals surface area contributed by atoms with Crippen molar-refractivity contribution in [2.75, 3.05) is 6.54 Å². The second kappa shape index (κ2) is 6.63. The lowest BCUT2D eigenvalue weighted by Crippen LogP contribution is -2.35. The van der Waals surface area contributed by atoms with Gasteiger partial charge in [-0.05, 0) is 36.8 Å². The van der Waals surface area contributed by atoms with Crippen LogP contribution < -0.4 is 5.32 Å². The molecular weight excluding hydrogens is 284 g/mol. The van der Waals surface area contributed by atoms with Crippen LogP contribution in [0.25, 0.3) is 0 Å². The normalized spacial score (nSPS) is 19.8. The maximum atomic E-state index is 12.2. The molecule has 1 aliphatic rings. The summed E-state index contributed by atoms with van der Waals surface area (Å²) in [5.74, 6) is 0.297. The van der Waals surface area contributed by atoms with Crippen LogP contribution in [0.15, 0.2) is 6.07 Å². The van der Waals surface area contributed by atoms with E-state index in [4.69, 9.17) is 5.11 Å². The molecule has 0 fully saturated rings. The van der Waals surface area contributed by atoms with E-state index in [1.54, 1.807) is 0 Å². The number of carbonyl (C=O) groups is 1. The van der Waals surface area contributed by atoms with Gasteiger partial charge in [0.15, 0.2) is 0 Å². The Hall–Kier alpha value is -1.01. The highest BCUT2D eigenvalue weighted by Crippen LogP contribution is 2.33. The Labute approximate surface area is 121 Å². The molecule has 0 aliphatic heterocycles. The molecule has 0 saturated heterocycles. The Bertz CT molecular complexity index is 476. The molecule has 3 nitrogen and oxygen atoms in total. The van der Waals surface area contributed by atoms with Crippen LogP contribution in [-0.2, 0) is 12.8 Å². The van der Waals surface area contributed by atoms with Crippen molar-refractivity contribution in [2.24, 2.45) is 5.92 Å². The molecule has 2 rings (SSSR count). The molecule has 112 valence electrons. The number of fused-ring (bicyclic) bond motifs is 1. The monoisotopic (exact) mass is 303 g/mol. The third-order valence-electron chi connectivity index (χ3n) is 3.75. The molecule has 0 bridgehead atoms. The first kappa shape index (κ1) is 15.4. The average Bonchev–Trinajstić information content (AvgIpc) is 2.86. The highest BCUT2D eigenvalue weighted by atomic mass is 32.1. The Morgan fingerprint density at radius 2 is 2.35 bits per heavy atom. The predicted octanol–water partition coefficient (Wildman–Crippen LogP) is 2.62. The minimum atomic E-state index is -2.84. The number of hydrogen-bond acceptors (Lipinski definition) is 3. The van der Waals surface area contributed by atoms with Gasteiger partial charge in [-0.3, -0.25) is 4.79 Å². The zero-order chi connectivity index (χ0) is 14.7. The lowest BCUT2D eigenvalue weighted by Gasteiger charge is -2.19. The Morgan fingerprint density at radius 1 is 1.60 bits per heavy atom. The fourth-order valence-corrected chi connectivity index (χ4v) is 3.56. The third-order valence-corrected chi connectivity index (χ3v) is 4.98. The van der Waals surface area contributed by atoms with Crippen LogP contribution in [0, 0.1) is 5.92 Å². The van der Waals surface area contributed by atoms with E-state index in [0.29, 0.717) is 10.8 Å². The number of amides is 1. The summed E-state index contributed by atoms with van der Waals surface area (Å²) in [6.45, 7) is 1.75. The molecule has 1 amide bonds. The first-order chi connectivity index (χ1) is 9.51. The number of alkyl halides is 2. The van der Waals surface area contributed by atoms with Crippen molar-refractivity contribution in [1.82, 2.24) is 5.32 Å². The molecule has 20 heavy (non-hydrogen) atoms. The molecule has 6 heteroatoms. The van der Waals surface area contributed by atoms with Crippen molar-refractivity contribution in [2.45, 2.75) is 45.1 Å². The number of aliphatic hydroxyl groups is 1. The number of aryl methyl sites for hydroxylation is 1. The van der Waals surface area contributed by atoms with Crippen LogP contribution in [-0.4, -0.2) is 30.1 Å². The number of carbonyl (C=O) groups excluding carboxylic acids is 1. The Kier molecular flexibility index (Phi) is 5.10. The van der Waals surface area contributed by atoms with E-state index >= 15 is 0 Å². The highest BCUT2D eigenvalue weighted by molar-refractivity contribution is 7.14. The van der Waals surface area contributed by atoms with Crippen molar-refractivity contribution in [3.05, 3.63) is 21.4 Å². The van der Waals surface area contributed by atoms with E-state index in [1.807, 2.05) is 6.07 Å². The lowest BCUT2D eigenvalue weighted by molar-refractivity contribution is -0.00268. The average molecular weight is 303 g/mol. The van der Waals surface area contributed by atoms with E-state index in [0.717, 1.165) is 25.7 Å². The number of thiophene rings is 1. The number of aliphatic hydroxyl groups excluding tert-OH is 1. The summed E-state index contributed by atoms with van der Waals surface area (Å²) in [7, 11) is 0. The van der Waals surface area contributed by atoms with Gasteiger partial charge in [-0.25, -0.2) is 8.78 Å². The topological polar surface area (TPSA) is 49.3 Å². The summed E-state index contributed by atoms with van der Waals surface area (Å²) in [6.07, 6.45) is -0.372. The minimum absolute atomic E-state index is 0.378. The summed E-state index contributed by atoms with van der Waals surface area (Å²) >= 11 is 1.43. The SMILES string of the molecule is CCC1CCc2sc(C(=O)NCC(O)C(F)F)cc2C1. The second-order valence-electron chi connectivity index (χ2n) is 5.19. The Balaban J connectivity index is 1.96. The summed E-state index contributed by atoms with van der Waals surface area (Å²) < 4.78 is 24.3. The molecule has 0 spiro atoms. The fourth-order valence-electron chi connectivity index (χ4n) is 2.43. The van der Waals surface area contributed by atoms with Gasteiger partial charge in [0.25, 0.3) is 12.3 Å². The minimum Gasteiger partial charge on any atom is -0.385 e. The smallest absolute Gasteiger partial charge is 0.265 e.